The number of hydrogen-bond donors (Lipinski definition) is 1. The summed E-state index contributed by atoms with van der Waals surface area (Å²) in [4.78, 5) is 23.5. The van der Waals surface area contributed by atoms with Gasteiger partial charge in [0.05, 0.1) is 0 Å². The number of esters is 1. The first-order valence-electron chi connectivity index (χ1n) is 8.71. The Morgan fingerprint density at radius 3 is 2.38 bits per heavy atom. The molecule has 5 nitrogen and oxygen atoms in total. The van der Waals surface area contributed by atoms with E-state index in [9.17, 15) is 9.59 Å². The van der Waals surface area contributed by atoms with Crippen molar-refractivity contribution in [1.29, 1.82) is 0 Å². The van der Waals surface area contributed by atoms with E-state index < -0.39 is 5.97 Å². The summed E-state index contributed by atoms with van der Waals surface area (Å²) >= 11 is 0. The lowest BCUT2D eigenvalue weighted by Gasteiger charge is -2.14. The summed E-state index contributed by atoms with van der Waals surface area (Å²) in [6.45, 7) is 3.38. The van der Waals surface area contributed by atoms with Gasteiger partial charge in [-0.15, -0.1) is 0 Å². The largest absolute Gasteiger partial charge is 0.482 e. The van der Waals surface area contributed by atoms with Crippen LogP contribution < -0.4 is 10.1 Å². The van der Waals surface area contributed by atoms with Gasteiger partial charge in [0.25, 0.3) is 5.91 Å². The van der Waals surface area contributed by atoms with Gasteiger partial charge < -0.3 is 14.8 Å². The Balaban J connectivity index is 1.61. The second-order valence-electron chi connectivity index (χ2n) is 6.26. The van der Waals surface area contributed by atoms with Gasteiger partial charge in [0.1, 0.15) is 5.75 Å². The molecule has 0 saturated carbocycles. The molecule has 0 aliphatic heterocycles. The standard InChI is InChI=1S/C21H25NO4/c1-16-8-12-19(13-9-16)25-15-21(24)26-14-20(23)22-17(2)10-11-18-6-4-3-5-7-18/h3-9,12-13,17H,10-11,14-15H2,1-2H3,(H,22,23). The van der Waals surface area contributed by atoms with Crippen molar-refractivity contribution in [2.45, 2.75) is 32.7 Å². The number of ether oxygens (including phenoxy) is 2. The van der Waals surface area contributed by atoms with Crippen LogP contribution in [0.2, 0.25) is 0 Å². The van der Waals surface area contributed by atoms with Crippen molar-refractivity contribution in [3.63, 3.8) is 0 Å². The normalized spacial score (nSPS) is 11.5. The Bertz CT molecular complexity index is 698. The first kappa shape index (κ1) is 19.5. The van der Waals surface area contributed by atoms with Crippen LogP contribution in [0.3, 0.4) is 0 Å². The number of carbonyl (C=O) groups excluding carboxylic acids is 2. The maximum absolute atomic E-state index is 11.9. The van der Waals surface area contributed by atoms with Gasteiger partial charge in [-0.1, -0.05) is 48.0 Å². The zero-order valence-electron chi connectivity index (χ0n) is 15.2. The molecule has 0 heterocycles. The lowest BCUT2D eigenvalue weighted by Crippen LogP contribution is -2.36. The van der Waals surface area contributed by atoms with E-state index in [4.69, 9.17) is 9.47 Å². The van der Waals surface area contributed by atoms with E-state index in [1.165, 1.54) is 5.56 Å². The maximum Gasteiger partial charge on any atom is 0.344 e. The summed E-state index contributed by atoms with van der Waals surface area (Å²) in [6.07, 6.45) is 1.70. The molecule has 1 atom stereocenters. The van der Waals surface area contributed by atoms with E-state index in [0.29, 0.717) is 5.75 Å². The number of rotatable bonds is 9. The van der Waals surface area contributed by atoms with Gasteiger partial charge in [0, 0.05) is 6.04 Å². The van der Waals surface area contributed by atoms with Crippen LogP contribution in [0, 0.1) is 6.92 Å². The molecule has 1 unspecified atom stereocenters. The van der Waals surface area contributed by atoms with E-state index in [-0.39, 0.29) is 25.2 Å². The molecule has 0 radical (unpaired) electrons. The zero-order valence-corrected chi connectivity index (χ0v) is 15.2. The van der Waals surface area contributed by atoms with E-state index >= 15 is 0 Å². The molecule has 0 fully saturated rings. The van der Waals surface area contributed by atoms with Crippen molar-refractivity contribution in [1.82, 2.24) is 5.32 Å². The van der Waals surface area contributed by atoms with Gasteiger partial charge in [-0.05, 0) is 44.4 Å². The third-order valence-electron chi connectivity index (χ3n) is 3.86. The molecule has 2 rings (SSSR count). The van der Waals surface area contributed by atoms with Gasteiger partial charge in [-0.25, -0.2) is 4.79 Å². The highest BCUT2D eigenvalue weighted by Gasteiger charge is 2.11. The second-order valence-corrected chi connectivity index (χ2v) is 6.26. The quantitative estimate of drug-likeness (QED) is 0.702. The van der Waals surface area contributed by atoms with Crippen LogP contribution in [0.25, 0.3) is 0 Å². The summed E-state index contributed by atoms with van der Waals surface area (Å²) in [7, 11) is 0. The predicted molar refractivity (Wildman–Crippen MR) is 100 cm³/mol. The number of nitrogens with one attached hydrogen (secondary N) is 1. The Morgan fingerprint density at radius 2 is 1.69 bits per heavy atom. The number of amides is 1. The van der Waals surface area contributed by atoms with Crippen molar-refractivity contribution < 1.29 is 19.1 Å². The van der Waals surface area contributed by atoms with Gasteiger partial charge in [0.15, 0.2) is 13.2 Å². The first-order valence-corrected chi connectivity index (χ1v) is 8.71. The van der Waals surface area contributed by atoms with Gasteiger partial charge in [-0.2, -0.15) is 0 Å². The summed E-state index contributed by atoms with van der Waals surface area (Å²) in [5.41, 5.74) is 2.34. The molecule has 0 bridgehead atoms. The Morgan fingerprint density at radius 1 is 1.00 bits per heavy atom. The zero-order chi connectivity index (χ0) is 18.8. The molecule has 0 spiro atoms. The van der Waals surface area contributed by atoms with Crippen LogP contribution in [0.5, 0.6) is 5.75 Å². The topological polar surface area (TPSA) is 64.6 Å². The second kappa shape index (κ2) is 10.2. The molecule has 2 aromatic rings. The van der Waals surface area contributed by atoms with E-state index in [1.807, 2.05) is 44.2 Å². The minimum absolute atomic E-state index is 0.00483. The minimum atomic E-state index is -0.572. The van der Waals surface area contributed by atoms with Crippen LogP contribution >= 0.6 is 0 Å². The fourth-order valence-electron chi connectivity index (χ4n) is 2.38. The monoisotopic (exact) mass is 355 g/mol. The summed E-state index contributed by atoms with van der Waals surface area (Å²) in [5.74, 6) is -0.293. The fraction of sp³-hybridized carbons (Fsp3) is 0.333. The van der Waals surface area contributed by atoms with Crippen molar-refractivity contribution in [3.05, 3.63) is 65.7 Å². The van der Waals surface area contributed by atoms with E-state index in [2.05, 4.69) is 17.4 Å². The number of aryl methyl sites for hydroxylation is 2. The molecule has 0 aromatic heterocycles. The lowest BCUT2D eigenvalue weighted by molar-refractivity contribution is -0.150. The average Bonchev–Trinajstić information content (AvgIpc) is 2.65. The van der Waals surface area contributed by atoms with Crippen molar-refractivity contribution >= 4 is 11.9 Å². The number of carbonyl (C=O) groups is 2. The smallest absolute Gasteiger partial charge is 0.344 e. The summed E-state index contributed by atoms with van der Waals surface area (Å²) < 4.78 is 10.3. The lowest BCUT2D eigenvalue weighted by atomic mass is 10.1. The number of benzene rings is 2. The molecule has 26 heavy (non-hydrogen) atoms. The van der Waals surface area contributed by atoms with Crippen LogP contribution in [0.4, 0.5) is 0 Å². The minimum Gasteiger partial charge on any atom is -0.482 e. The SMILES string of the molecule is Cc1ccc(OCC(=O)OCC(=O)NC(C)CCc2ccccc2)cc1. The molecule has 1 N–H and O–H groups in total. The fourth-order valence-corrected chi connectivity index (χ4v) is 2.38. The highest BCUT2D eigenvalue weighted by molar-refractivity contribution is 5.81. The molecular formula is C21H25NO4. The molecule has 0 aliphatic carbocycles. The summed E-state index contributed by atoms with van der Waals surface area (Å²) in [6, 6.07) is 17.4. The molecule has 0 aliphatic rings. The highest BCUT2D eigenvalue weighted by atomic mass is 16.6. The van der Waals surface area contributed by atoms with Crippen molar-refractivity contribution in [2.75, 3.05) is 13.2 Å². The molecule has 0 saturated heterocycles. The predicted octanol–water partition coefficient (Wildman–Crippen LogP) is 3.05. The molecule has 2 aromatic carbocycles. The maximum atomic E-state index is 11.9. The molecule has 138 valence electrons. The Hall–Kier alpha value is -2.82. The molecule has 5 heteroatoms. The van der Waals surface area contributed by atoms with Crippen molar-refractivity contribution in [3.8, 4) is 5.75 Å². The third-order valence-corrected chi connectivity index (χ3v) is 3.86. The van der Waals surface area contributed by atoms with Crippen molar-refractivity contribution in [2.24, 2.45) is 0 Å². The van der Waals surface area contributed by atoms with Gasteiger partial charge in [-0.3, -0.25) is 4.79 Å². The Kier molecular flexibility index (Phi) is 7.68. The van der Waals surface area contributed by atoms with Crippen LogP contribution in [-0.4, -0.2) is 31.1 Å². The highest BCUT2D eigenvalue weighted by Crippen LogP contribution is 2.11. The van der Waals surface area contributed by atoms with Crippen LogP contribution in [0.15, 0.2) is 54.6 Å². The number of hydrogen-bond acceptors (Lipinski definition) is 4. The molecule has 1 amide bonds. The van der Waals surface area contributed by atoms with Crippen LogP contribution in [-0.2, 0) is 20.7 Å². The Labute approximate surface area is 154 Å². The van der Waals surface area contributed by atoms with Gasteiger partial charge >= 0.3 is 5.97 Å². The average molecular weight is 355 g/mol. The summed E-state index contributed by atoms with van der Waals surface area (Å²) in [5, 5.41) is 2.83. The first-order chi connectivity index (χ1) is 12.5. The van der Waals surface area contributed by atoms with E-state index in [0.717, 1.165) is 18.4 Å². The van der Waals surface area contributed by atoms with Crippen LogP contribution in [0.1, 0.15) is 24.5 Å². The molecular weight excluding hydrogens is 330 g/mol. The van der Waals surface area contributed by atoms with Gasteiger partial charge in [0.2, 0.25) is 0 Å². The van der Waals surface area contributed by atoms with E-state index in [1.54, 1.807) is 12.1 Å². The third kappa shape index (κ3) is 7.38.